The Bertz CT molecular complexity index is 279. The maximum atomic E-state index is 11.6. The van der Waals surface area contributed by atoms with Crippen molar-refractivity contribution in [2.75, 3.05) is 30.7 Å². The van der Waals surface area contributed by atoms with Gasteiger partial charge in [0.25, 0.3) is 0 Å². The predicted molar refractivity (Wildman–Crippen MR) is 66.9 cm³/mol. The van der Waals surface area contributed by atoms with Gasteiger partial charge in [-0.3, -0.25) is 14.5 Å². The first-order valence-electron chi connectivity index (χ1n) is 4.86. The quantitative estimate of drug-likeness (QED) is 0.331. The number of alkyl halides is 1. The fraction of sp³-hybridized carbons (Fsp3) is 0.600. The third-order valence-electron chi connectivity index (χ3n) is 2.25. The van der Waals surface area contributed by atoms with Crippen LogP contribution in [0.5, 0.6) is 0 Å². The molecule has 0 aromatic rings. The standard InChI is InChI=1S/C10H15IN2O2/c1-9(14)3-2-4-13-6-5-12(8-11)7-10(13)15/h2-3H,4-8H2,1H3/b3-2+. The van der Waals surface area contributed by atoms with Gasteiger partial charge in [0.15, 0.2) is 5.78 Å². The molecule has 0 radical (unpaired) electrons. The van der Waals surface area contributed by atoms with Gasteiger partial charge in [-0.2, -0.15) is 0 Å². The van der Waals surface area contributed by atoms with E-state index in [1.807, 2.05) is 0 Å². The summed E-state index contributed by atoms with van der Waals surface area (Å²) in [5.74, 6) is 0.166. The number of rotatable bonds is 4. The van der Waals surface area contributed by atoms with Crippen LogP contribution in [0.4, 0.5) is 0 Å². The molecule has 1 aliphatic rings. The number of halogens is 1. The number of hydrogen-bond donors (Lipinski definition) is 0. The van der Waals surface area contributed by atoms with E-state index in [0.717, 1.165) is 17.6 Å². The van der Waals surface area contributed by atoms with E-state index in [4.69, 9.17) is 0 Å². The van der Waals surface area contributed by atoms with Crippen LogP contribution in [0.15, 0.2) is 12.2 Å². The molecule has 0 N–H and O–H groups in total. The zero-order valence-corrected chi connectivity index (χ0v) is 10.9. The van der Waals surface area contributed by atoms with Gasteiger partial charge in [-0.05, 0) is 13.0 Å². The van der Waals surface area contributed by atoms with E-state index in [-0.39, 0.29) is 11.7 Å². The molecule has 1 aliphatic heterocycles. The summed E-state index contributed by atoms with van der Waals surface area (Å²) in [5, 5.41) is 0. The third kappa shape index (κ3) is 4.29. The molecular formula is C10H15IN2O2. The lowest BCUT2D eigenvalue weighted by atomic mass is 10.3. The number of ketones is 1. The minimum Gasteiger partial charge on any atom is -0.337 e. The third-order valence-corrected chi connectivity index (χ3v) is 3.21. The van der Waals surface area contributed by atoms with Crippen LogP contribution >= 0.6 is 22.6 Å². The molecule has 1 heterocycles. The fourth-order valence-corrected chi connectivity index (χ4v) is 1.98. The highest BCUT2D eigenvalue weighted by molar-refractivity contribution is 14.1. The normalized spacial score (nSPS) is 18.8. The molecule has 0 aromatic carbocycles. The minimum absolute atomic E-state index is 0.0216. The summed E-state index contributed by atoms with van der Waals surface area (Å²) < 4.78 is 0.890. The molecule has 1 saturated heterocycles. The van der Waals surface area contributed by atoms with Crippen molar-refractivity contribution in [1.29, 1.82) is 0 Å². The molecule has 1 fully saturated rings. The largest absolute Gasteiger partial charge is 0.337 e. The van der Waals surface area contributed by atoms with Crippen molar-refractivity contribution in [2.24, 2.45) is 0 Å². The lowest BCUT2D eigenvalue weighted by Gasteiger charge is -2.32. The van der Waals surface area contributed by atoms with E-state index >= 15 is 0 Å². The number of hydrogen-bond acceptors (Lipinski definition) is 3. The summed E-state index contributed by atoms with van der Waals surface area (Å²) in [5.41, 5.74) is 0. The molecule has 0 atom stereocenters. The molecule has 0 aromatic heterocycles. The molecule has 0 spiro atoms. The van der Waals surface area contributed by atoms with Gasteiger partial charge < -0.3 is 4.90 Å². The zero-order valence-electron chi connectivity index (χ0n) is 8.78. The maximum absolute atomic E-state index is 11.6. The molecule has 0 unspecified atom stereocenters. The molecule has 1 amide bonds. The molecule has 15 heavy (non-hydrogen) atoms. The van der Waals surface area contributed by atoms with E-state index in [1.54, 1.807) is 11.0 Å². The first-order chi connectivity index (χ1) is 7.13. The highest BCUT2D eigenvalue weighted by Gasteiger charge is 2.21. The van der Waals surface area contributed by atoms with E-state index in [1.165, 1.54) is 13.0 Å². The first-order valence-corrected chi connectivity index (χ1v) is 6.39. The fourth-order valence-electron chi connectivity index (χ4n) is 1.40. The monoisotopic (exact) mass is 322 g/mol. The zero-order chi connectivity index (χ0) is 11.3. The van der Waals surface area contributed by atoms with Crippen molar-refractivity contribution in [3.05, 3.63) is 12.2 Å². The Morgan fingerprint density at radius 3 is 2.80 bits per heavy atom. The Balaban J connectivity index is 2.38. The maximum Gasteiger partial charge on any atom is 0.237 e. The van der Waals surface area contributed by atoms with E-state index in [9.17, 15) is 9.59 Å². The van der Waals surface area contributed by atoms with Gasteiger partial charge in [-0.15, -0.1) is 0 Å². The molecule has 84 valence electrons. The van der Waals surface area contributed by atoms with E-state index < -0.39 is 0 Å². The van der Waals surface area contributed by atoms with Crippen LogP contribution in [0, 0.1) is 0 Å². The Hall–Kier alpha value is -0.430. The van der Waals surface area contributed by atoms with Crippen molar-refractivity contribution in [2.45, 2.75) is 6.92 Å². The van der Waals surface area contributed by atoms with Crippen LogP contribution < -0.4 is 0 Å². The van der Waals surface area contributed by atoms with Crippen LogP contribution in [0.1, 0.15) is 6.92 Å². The minimum atomic E-state index is 0.0216. The predicted octanol–water partition coefficient (Wildman–Crippen LogP) is 0.668. The molecular weight excluding hydrogens is 307 g/mol. The Morgan fingerprint density at radius 2 is 2.27 bits per heavy atom. The average Bonchev–Trinajstić information content (AvgIpc) is 2.20. The van der Waals surface area contributed by atoms with Crippen LogP contribution in [-0.2, 0) is 9.59 Å². The molecule has 0 aliphatic carbocycles. The number of piperazine rings is 1. The van der Waals surface area contributed by atoms with Crippen molar-refractivity contribution < 1.29 is 9.59 Å². The van der Waals surface area contributed by atoms with Gasteiger partial charge in [0.2, 0.25) is 5.91 Å². The SMILES string of the molecule is CC(=O)/C=C/CN1CCN(CI)CC1=O. The van der Waals surface area contributed by atoms with Gasteiger partial charge in [0.05, 0.1) is 11.1 Å². The number of carbonyl (C=O) groups excluding carboxylic acids is 2. The van der Waals surface area contributed by atoms with Crippen LogP contribution in [0.25, 0.3) is 0 Å². The van der Waals surface area contributed by atoms with Crippen molar-refractivity contribution >= 4 is 34.3 Å². The average molecular weight is 322 g/mol. The van der Waals surface area contributed by atoms with Gasteiger partial charge in [-0.25, -0.2) is 0 Å². The summed E-state index contributed by atoms with van der Waals surface area (Å²) in [6, 6.07) is 0. The second kappa shape index (κ2) is 6.22. The van der Waals surface area contributed by atoms with Crippen molar-refractivity contribution in [3.63, 3.8) is 0 Å². The second-order valence-corrected chi connectivity index (χ2v) is 4.21. The van der Waals surface area contributed by atoms with E-state index in [2.05, 4.69) is 27.5 Å². The lowest BCUT2D eigenvalue weighted by molar-refractivity contribution is -0.134. The summed E-state index contributed by atoms with van der Waals surface area (Å²) in [7, 11) is 0. The van der Waals surface area contributed by atoms with Gasteiger partial charge >= 0.3 is 0 Å². The van der Waals surface area contributed by atoms with Gasteiger partial charge in [-0.1, -0.05) is 28.7 Å². The summed E-state index contributed by atoms with van der Waals surface area (Å²) >= 11 is 2.26. The summed E-state index contributed by atoms with van der Waals surface area (Å²) in [6.45, 7) is 4.23. The second-order valence-electron chi connectivity index (χ2n) is 3.52. The van der Waals surface area contributed by atoms with Crippen LogP contribution in [0.2, 0.25) is 0 Å². The lowest BCUT2D eigenvalue weighted by Crippen LogP contribution is -2.49. The highest BCUT2D eigenvalue weighted by atomic mass is 127. The van der Waals surface area contributed by atoms with Gasteiger partial charge in [0.1, 0.15) is 0 Å². The molecule has 0 saturated carbocycles. The van der Waals surface area contributed by atoms with Gasteiger partial charge in [0, 0.05) is 19.6 Å². The van der Waals surface area contributed by atoms with Crippen molar-refractivity contribution in [1.82, 2.24) is 9.80 Å². The Labute approximate surface area is 103 Å². The number of amides is 1. The molecule has 0 bridgehead atoms. The van der Waals surface area contributed by atoms with Crippen LogP contribution in [-0.4, -0.2) is 52.2 Å². The Kier molecular flexibility index (Phi) is 5.24. The molecule has 1 rings (SSSR count). The number of nitrogens with zero attached hydrogens (tertiary/aromatic N) is 2. The number of allylic oxidation sites excluding steroid dienone is 1. The first kappa shape index (κ1) is 12.6. The smallest absolute Gasteiger partial charge is 0.237 e. The Morgan fingerprint density at radius 1 is 1.53 bits per heavy atom. The number of carbonyl (C=O) groups is 2. The summed E-state index contributed by atoms with van der Waals surface area (Å²) in [6.07, 6.45) is 3.26. The van der Waals surface area contributed by atoms with Crippen LogP contribution in [0.3, 0.4) is 0 Å². The highest BCUT2D eigenvalue weighted by Crippen LogP contribution is 2.04. The van der Waals surface area contributed by atoms with E-state index in [0.29, 0.717) is 13.1 Å². The molecule has 5 heteroatoms. The van der Waals surface area contributed by atoms with Crippen molar-refractivity contribution in [3.8, 4) is 0 Å². The molecule has 4 nitrogen and oxygen atoms in total. The topological polar surface area (TPSA) is 40.6 Å². The summed E-state index contributed by atoms with van der Waals surface area (Å²) in [4.78, 5) is 26.2.